The molecule has 1 unspecified atom stereocenters. The molecule has 0 aromatic rings. The number of carbonyl (C=O) groups is 1. The Hall–Kier alpha value is -0.790. The number of carboxylic acids is 1. The minimum absolute atomic E-state index is 0.355. The van der Waals surface area contributed by atoms with Crippen LogP contribution in [0.25, 0.3) is 0 Å². The third kappa shape index (κ3) is 3.56. The largest absolute Gasteiger partial charge is 0.481 e. The fourth-order valence-electron chi connectivity index (χ4n) is 1.69. The summed E-state index contributed by atoms with van der Waals surface area (Å²) >= 11 is 0. The zero-order valence-electron chi connectivity index (χ0n) is 7.33. The summed E-state index contributed by atoms with van der Waals surface area (Å²) in [4.78, 5) is 10.4. The minimum Gasteiger partial charge on any atom is -0.481 e. The van der Waals surface area contributed by atoms with Gasteiger partial charge in [0.15, 0.2) is 0 Å². The van der Waals surface area contributed by atoms with Crippen molar-refractivity contribution in [1.29, 1.82) is 0 Å². The van der Waals surface area contributed by atoms with Gasteiger partial charge in [0.1, 0.15) is 0 Å². The van der Waals surface area contributed by atoms with Crippen LogP contribution in [-0.4, -0.2) is 11.1 Å². The summed E-state index contributed by atoms with van der Waals surface area (Å²) in [7, 11) is 0. The molecule has 1 N–H and O–H groups in total. The van der Waals surface area contributed by atoms with Crippen LogP contribution in [0.3, 0.4) is 0 Å². The van der Waals surface area contributed by atoms with E-state index in [0.717, 1.165) is 32.1 Å². The Labute approximate surface area is 73.3 Å². The van der Waals surface area contributed by atoms with E-state index in [4.69, 9.17) is 5.11 Å². The molecule has 0 radical (unpaired) electrons. The third-order valence-electron chi connectivity index (χ3n) is 2.35. The molecule has 1 aliphatic carbocycles. The van der Waals surface area contributed by atoms with E-state index in [1.807, 2.05) is 0 Å². The lowest BCUT2D eigenvalue weighted by Crippen LogP contribution is -2.08. The molecule has 0 saturated heterocycles. The number of hydrogen-bond acceptors (Lipinski definition) is 1. The van der Waals surface area contributed by atoms with E-state index in [-0.39, 0.29) is 0 Å². The molecule has 1 aliphatic rings. The first-order valence-electron chi connectivity index (χ1n) is 4.66. The summed E-state index contributed by atoms with van der Waals surface area (Å²) in [6.45, 7) is 0. The van der Waals surface area contributed by atoms with Gasteiger partial charge in [-0.3, -0.25) is 4.79 Å². The SMILES string of the molecule is O=C(O)CC1CCC=CCCC1. The molecule has 0 aromatic heterocycles. The number of rotatable bonds is 2. The van der Waals surface area contributed by atoms with Crippen molar-refractivity contribution < 1.29 is 9.90 Å². The third-order valence-corrected chi connectivity index (χ3v) is 2.35. The van der Waals surface area contributed by atoms with Gasteiger partial charge in [-0.2, -0.15) is 0 Å². The molecule has 2 heteroatoms. The van der Waals surface area contributed by atoms with Crippen molar-refractivity contribution in [1.82, 2.24) is 0 Å². The summed E-state index contributed by atoms with van der Waals surface area (Å²) in [6.07, 6.45) is 10.2. The summed E-state index contributed by atoms with van der Waals surface area (Å²) < 4.78 is 0. The number of hydrogen-bond donors (Lipinski definition) is 1. The number of allylic oxidation sites excluding steroid dienone is 2. The van der Waals surface area contributed by atoms with Crippen molar-refractivity contribution in [2.45, 2.75) is 38.5 Å². The van der Waals surface area contributed by atoms with Gasteiger partial charge in [-0.1, -0.05) is 12.2 Å². The second-order valence-electron chi connectivity index (χ2n) is 3.44. The maximum Gasteiger partial charge on any atom is 0.303 e. The molecule has 0 aliphatic heterocycles. The number of aliphatic carboxylic acids is 1. The quantitative estimate of drug-likeness (QED) is 0.643. The second kappa shape index (κ2) is 4.96. The molecule has 2 nitrogen and oxygen atoms in total. The van der Waals surface area contributed by atoms with E-state index in [0.29, 0.717) is 12.3 Å². The highest BCUT2D eigenvalue weighted by Crippen LogP contribution is 2.21. The predicted molar refractivity (Wildman–Crippen MR) is 48.0 cm³/mol. The van der Waals surface area contributed by atoms with E-state index >= 15 is 0 Å². The maximum atomic E-state index is 10.4. The Bertz CT molecular complexity index is 173. The standard InChI is InChI=1S/C10H16O2/c11-10(12)8-9-6-4-2-1-3-5-7-9/h1-2,9H,3-8H2,(H,11,12). The van der Waals surface area contributed by atoms with Gasteiger partial charge in [0.05, 0.1) is 0 Å². The van der Waals surface area contributed by atoms with Gasteiger partial charge in [0.2, 0.25) is 0 Å². The first-order valence-corrected chi connectivity index (χ1v) is 4.66. The molecule has 0 bridgehead atoms. The Kier molecular flexibility index (Phi) is 3.85. The van der Waals surface area contributed by atoms with Gasteiger partial charge in [-0.15, -0.1) is 0 Å². The van der Waals surface area contributed by atoms with E-state index in [2.05, 4.69) is 12.2 Å². The summed E-state index contributed by atoms with van der Waals surface area (Å²) in [5.41, 5.74) is 0. The van der Waals surface area contributed by atoms with Gasteiger partial charge >= 0.3 is 5.97 Å². The first-order chi connectivity index (χ1) is 5.79. The molecular formula is C10H16O2. The Morgan fingerprint density at radius 3 is 2.83 bits per heavy atom. The molecule has 0 heterocycles. The van der Waals surface area contributed by atoms with Gasteiger partial charge in [-0.25, -0.2) is 0 Å². The van der Waals surface area contributed by atoms with Crippen molar-refractivity contribution in [3.63, 3.8) is 0 Å². The maximum absolute atomic E-state index is 10.4. The van der Waals surface area contributed by atoms with Crippen LogP contribution < -0.4 is 0 Å². The fourth-order valence-corrected chi connectivity index (χ4v) is 1.69. The van der Waals surface area contributed by atoms with Crippen LogP contribution in [0.1, 0.15) is 38.5 Å². The zero-order valence-corrected chi connectivity index (χ0v) is 7.33. The summed E-state index contributed by atoms with van der Waals surface area (Å²) in [5.74, 6) is -0.239. The van der Waals surface area contributed by atoms with Crippen LogP contribution in [0.15, 0.2) is 12.2 Å². The molecular weight excluding hydrogens is 152 g/mol. The lowest BCUT2D eigenvalue weighted by molar-refractivity contribution is -0.138. The molecule has 68 valence electrons. The summed E-state index contributed by atoms with van der Waals surface area (Å²) in [6, 6.07) is 0. The average molecular weight is 168 g/mol. The average Bonchev–Trinajstić information content (AvgIpc) is 1.93. The molecule has 0 saturated carbocycles. The molecule has 12 heavy (non-hydrogen) atoms. The topological polar surface area (TPSA) is 37.3 Å². The van der Waals surface area contributed by atoms with Gasteiger partial charge in [-0.05, 0) is 38.0 Å². The smallest absolute Gasteiger partial charge is 0.303 e. The van der Waals surface area contributed by atoms with Crippen LogP contribution in [-0.2, 0) is 4.79 Å². The van der Waals surface area contributed by atoms with Crippen molar-refractivity contribution >= 4 is 5.97 Å². The van der Waals surface area contributed by atoms with E-state index in [1.165, 1.54) is 0 Å². The molecule has 1 atom stereocenters. The second-order valence-corrected chi connectivity index (χ2v) is 3.44. The Morgan fingerprint density at radius 2 is 2.08 bits per heavy atom. The van der Waals surface area contributed by atoms with E-state index in [9.17, 15) is 4.79 Å². The molecule has 0 fully saturated rings. The first kappa shape index (κ1) is 9.30. The van der Waals surface area contributed by atoms with Crippen LogP contribution >= 0.6 is 0 Å². The minimum atomic E-state index is -0.649. The fraction of sp³-hybridized carbons (Fsp3) is 0.700. The number of carboxylic acid groups (broad SMARTS) is 1. The zero-order chi connectivity index (χ0) is 8.81. The van der Waals surface area contributed by atoms with Crippen LogP contribution in [0.4, 0.5) is 0 Å². The normalized spacial score (nSPS) is 24.5. The molecule has 0 amide bonds. The van der Waals surface area contributed by atoms with Gasteiger partial charge in [0.25, 0.3) is 0 Å². The highest BCUT2D eigenvalue weighted by atomic mass is 16.4. The predicted octanol–water partition coefficient (Wildman–Crippen LogP) is 2.60. The van der Waals surface area contributed by atoms with Crippen molar-refractivity contribution in [3.05, 3.63) is 12.2 Å². The molecule has 1 rings (SSSR count). The van der Waals surface area contributed by atoms with Crippen LogP contribution in [0, 0.1) is 5.92 Å². The highest BCUT2D eigenvalue weighted by Gasteiger charge is 2.12. The summed E-state index contributed by atoms with van der Waals surface area (Å²) in [5, 5.41) is 8.61. The van der Waals surface area contributed by atoms with Crippen LogP contribution in [0.2, 0.25) is 0 Å². The Balaban J connectivity index is 2.32. The van der Waals surface area contributed by atoms with Crippen molar-refractivity contribution in [2.75, 3.05) is 0 Å². The monoisotopic (exact) mass is 168 g/mol. The Morgan fingerprint density at radius 1 is 1.33 bits per heavy atom. The van der Waals surface area contributed by atoms with Gasteiger partial charge < -0.3 is 5.11 Å². The van der Waals surface area contributed by atoms with Crippen LogP contribution in [0.5, 0.6) is 0 Å². The van der Waals surface area contributed by atoms with Gasteiger partial charge in [0, 0.05) is 6.42 Å². The van der Waals surface area contributed by atoms with Crippen molar-refractivity contribution in [3.8, 4) is 0 Å². The molecule has 0 aromatic carbocycles. The van der Waals surface area contributed by atoms with Crippen molar-refractivity contribution in [2.24, 2.45) is 5.92 Å². The lowest BCUT2D eigenvalue weighted by atomic mass is 9.91. The lowest BCUT2D eigenvalue weighted by Gasteiger charge is -2.14. The molecule has 0 spiro atoms. The van der Waals surface area contributed by atoms with E-state index in [1.54, 1.807) is 0 Å². The highest BCUT2D eigenvalue weighted by molar-refractivity contribution is 5.66. The van der Waals surface area contributed by atoms with E-state index < -0.39 is 5.97 Å².